The smallest absolute Gasteiger partial charge is 0.231 e. The average Bonchev–Trinajstić information content (AvgIpc) is 3.29. The molecule has 2 aromatic rings. The van der Waals surface area contributed by atoms with Gasteiger partial charge in [-0.25, -0.2) is 0 Å². The molecule has 0 atom stereocenters. The van der Waals surface area contributed by atoms with Gasteiger partial charge in [0.05, 0.1) is 5.56 Å². The van der Waals surface area contributed by atoms with Crippen LogP contribution >= 0.6 is 11.3 Å². The van der Waals surface area contributed by atoms with Crippen molar-refractivity contribution in [2.45, 2.75) is 33.7 Å². The van der Waals surface area contributed by atoms with Gasteiger partial charge in [0, 0.05) is 29.4 Å². The largest absolute Gasteiger partial charge is 0.454 e. The molecule has 3 heterocycles. The van der Waals surface area contributed by atoms with E-state index < -0.39 is 0 Å². The lowest BCUT2D eigenvalue weighted by molar-refractivity contribution is -0.118. The van der Waals surface area contributed by atoms with E-state index in [0.29, 0.717) is 27.6 Å². The van der Waals surface area contributed by atoms with E-state index in [1.165, 1.54) is 11.3 Å². The zero-order valence-corrected chi connectivity index (χ0v) is 17.1. The van der Waals surface area contributed by atoms with Gasteiger partial charge in [-0.3, -0.25) is 14.5 Å². The lowest BCUT2D eigenvalue weighted by Crippen LogP contribution is -2.29. The molecule has 1 aromatic carbocycles. The Morgan fingerprint density at radius 2 is 2.04 bits per heavy atom. The Morgan fingerprint density at radius 3 is 2.79 bits per heavy atom. The standard InChI is InChI=1S/C21H24N2O4S/c1-4-23-8-7-14-17(10-23)28-21(22-20(25)12(2)3)18(14)19(24)13-5-6-15-16(9-13)27-11-26-15/h5-6,9,12H,4,7-8,10-11H2,1-3H3,(H,22,25). The van der Waals surface area contributed by atoms with Gasteiger partial charge in [-0.15, -0.1) is 11.3 Å². The van der Waals surface area contributed by atoms with E-state index in [1.807, 2.05) is 13.8 Å². The average molecular weight is 401 g/mol. The van der Waals surface area contributed by atoms with E-state index in [4.69, 9.17) is 9.47 Å². The predicted octanol–water partition coefficient (Wildman–Crippen LogP) is 3.68. The maximum atomic E-state index is 13.4. The highest BCUT2D eigenvalue weighted by Gasteiger charge is 2.30. The second kappa shape index (κ2) is 7.56. The predicted molar refractivity (Wildman–Crippen MR) is 108 cm³/mol. The summed E-state index contributed by atoms with van der Waals surface area (Å²) in [5.74, 6) is 0.918. The third kappa shape index (κ3) is 3.40. The first-order chi connectivity index (χ1) is 13.5. The SMILES string of the molecule is CCN1CCc2c(sc(NC(=O)C(C)C)c2C(=O)c2ccc3c(c2)OCO3)C1. The molecule has 1 amide bonds. The van der Waals surface area contributed by atoms with Crippen LogP contribution in [0.15, 0.2) is 18.2 Å². The molecule has 7 heteroatoms. The fraction of sp³-hybridized carbons (Fsp3) is 0.429. The molecule has 0 saturated carbocycles. The molecule has 0 bridgehead atoms. The summed E-state index contributed by atoms with van der Waals surface area (Å²) >= 11 is 1.52. The first-order valence-electron chi connectivity index (χ1n) is 9.60. The number of nitrogens with zero attached hydrogens (tertiary/aromatic N) is 1. The van der Waals surface area contributed by atoms with Crippen LogP contribution in [0.1, 0.15) is 47.1 Å². The van der Waals surface area contributed by atoms with Gasteiger partial charge in [-0.2, -0.15) is 0 Å². The number of carbonyl (C=O) groups is 2. The minimum absolute atomic E-state index is 0.0781. The van der Waals surface area contributed by atoms with Crippen LogP contribution < -0.4 is 14.8 Å². The monoisotopic (exact) mass is 400 g/mol. The van der Waals surface area contributed by atoms with Crippen molar-refractivity contribution < 1.29 is 19.1 Å². The highest BCUT2D eigenvalue weighted by atomic mass is 32.1. The Bertz CT molecular complexity index is 935. The molecule has 1 aromatic heterocycles. The zero-order chi connectivity index (χ0) is 19.8. The minimum atomic E-state index is -0.153. The summed E-state index contributed by atoms with van der Waals surface area (Å²) in [6.45, 7) is 8.70. The number of amides is 1. The normalized spacial score (nSPS) is 15.6. The number of hydrogen-bond acceptors (Lipinski definition) is 6. The van der Waals surface area contributed by atoms with E-state index in [2.05, 4.69) is 17.1 Å². The number of likely N-dealkylation sites (N-methyl/N-ethyl adjacent to an activating group) is 1. The van der Waals surface area contributed by atoms with Crippen LogP contribution in [0.5, 0.6) is 11.5 Å². The summed E-state index contributed by atoms with van der Waals surface area (Å²) in [6.07, 6.45) is 0.808. The van der Waals surface area contributed by atoms with Crippen LogP contribution in [-0.4, -0.2) is 36.5 Å². The van der Waals surface area contributed by atoms with Crippen LogP contribution in [0.25, 0.3) is 0 Å². The quantitative estimate of drug-likeness (QED) is 0.776. The van der Waals surface area contributed by atoms with Gasteiger partial charge in [0.1, 0.15) is 5.00 Å². The molecular formula is C21H24N2O4S. The summed E-state index contributed by atoms with van der Waals surface area (Å²) in [4.78, 5) is 29.3. The number of rotatable bonds is 5. The topological polar surface area (TPSA) is 67.9 Å². The van der Waals surface area contributed by atoms with Crippen LogP contribution in [0.2, 0.25) is 0 Å². The van der Waals surface area contributed by atoms with Gasteiger partial charge in [-0.05, 0) is 36.7 Å². The Balaban J connectivity index is 1.74. The van der Waals surface area contributed by atoms with E-state index in [0.717, 1.165) is 36.5 Å². The molecular weight excluding hydrogens is 376 g/mol. The highest BCUT2D eigenvalue weighted by molar-refractivity contribution is 7.17. The van der Waals surface area contributed by atoms with Crippen molar-refractivity contribution in [3.05, 3.63) is 39.8 Å². The van der Waals surface area contributed by atoms with Gasteiger partial charge in [0.2, 0.25) is 12.7 Å². The molecule has 6 nitrogen and oxygen atoms in total. The number of nitrogens with one attached hydrogen (secondary N) is 1. The number of fused-ring (bicyclic) bond motifs is 2. The van der Waals surface area contributed by atoms with Gasteiger partial charge in [-0.1, -0.05) is 20.8 Å². The second-order valence-electron chi connectivity index (χ2n) is 7.37. The van der Waals surface area contributed by atoms with Crippen LogP contribution in [0.4, 0.5) is 5.00 Å². The van der Waals surface area contributed by atoms with Crippen LogP contribution in [-0.2, 0) is 17.8 Å². The number of anilines is 1. The lowest BCUT2D eigenvalue weighted by atomic mass is 9.96. The summed E-state index contributed by atoms with van der Waals surface area (Å²) in [5, 5.41) is 3.64. The molecule has 2 aliphatic rings. The number of thiophene rings is 1. The molecule has 2 aliphatic heterocycles. The van der Waals surface area contributed by atoms with Crippen molar-refractivity contribution >= 4 is 28.0 Å². The Labute approximate surface area is 168 Å². The molecule has 4 rings (SSSR count). The van der Waals surface area contributed by atoms with E-state index in [1.54, 1.807) is 18.2 Å². The first kappa shape index (κ1) is 19.0. The van der Waals surface area contributed by atoms with Crippen LogP contribution in [0, 0.1) is 5.92 Å². The van der Waals surface area contributed by atoms with E-state index in [9.17, 15) is 9.59 Å². The molecule has 1 N–H and O–H groups in total. The fourth-order valence-corrected chi connectivity index (χ4v) is 4.78. The molecule has 0 saturated heterocycles. The van der Waals surface area contributed by atoms with Crippen LogP contribution in [0.3, 0.4) is 0 Å². The maximum absolute atomic E-state index is 13.4. The fourth-order valence-electron chi connectivity index (χ4n) is 3.49. The molecule has 0 unspecified atom stereocenters. The number of carbonyl (C=O) groups excluding carboxylic acids is 2. The summed E-state index contributed by atoms with van der Waals surface area (Å²) in [7, 11) is 0. The van der Waals surface area contributed by atoms with Gasteiger partial charge in [0.15, 0.2) is 17.3 Å². The Hall–Kier alpha value is -2.38. The lowest BCUT2D eigenvalue weighted by Gasteiger charge is -2.25. The molecule has 0 spiro atoms. The van der Waals surface area contributed by atoms with E-state index in [-0.39, 0.29) is 24.4 Å². The van der Waals surface area contributed by atoms with Gasteiger partial charge >= 0.3 is 0 Å². The third-order valence-electron chi connectivity index (χ3n) is 5.21. The Kier molecular flexibility index (Phi) is 5.12. The number of ketones is 1. The first-order valence-corrected chi connectivity index (χ1v) is 10.4. The number of hydrogen-bond donors (Lipinski definition) is 1. The van der Waals surface area contributed by atoms with Crippen molar-refractivity contribution in [3.8, 4) is 11.5 Å². The Morgan fingerprint density at radius 1 is 1.25 bits per heavy atom. The molecule has 0 fully saturated rings. The molecule has 28 heavy (non-hydrogen) atoms. The molecule has 148 valence electrons. The molecule has 0 aliphatic carbocycles. The van der Waals surface area contributed by atoms with Gasteiger partial charge < -0.3 is 14.8 Å². The van der Waals surface area contributed by atoms with Crippen molar-refractivity contribution in [2.24, 2.45) is 5.92 Å². The van der Waals surface area contributed by atoms with Gasteiger partial charge in [0.25, 0.3) is 0 Å². The van der Waals surface area contributed by atoms with Crippen molar-refractivity contribution in [1.82, 2.24) is 4.90 Å². The summed E-state index contributed by atoms with van der Waals surface area (Å²) < 4.78 is 10.8. The second-order valence-corrected chi connectivity index (χ2v) is 8.47. The maximum Gasteiger partial charge on any atom is 0.231 e. The minimum Gasteiger partial charge on any atom is -0.454 e. The summed E-state index contributed by atoms with van der Waals surface area (Å²) in [5.41, 5.74) is 2.24. The van der Waals surface area contributed by atoms with Crippen molar-refractivity contribution in [1.29, 1.82) is 0 Å². The number of ether oxygens (including phenoxy) is 2. The zero-order valence-electron chi connectivity index (χ0n) is 16.3. The third-order valence-corrected chi connectivity index (χ3v) is 6.34. The van der Waals surface area contributed by atoms with E-state index >= 15 is 0 Å². The van der Waals surface area contributed by atoms with Crippen molar-refractivity contribution in [2.75, 3.05) is 25.2 Å². The highest BCUT2D eigenvalue weighted by Crippen LogP contribution is 2.40. The molecule has 0 radical (unpaired) electrons. The summed E-state index contributed by atoms with van der Waals surface area (Å²) in [6, 6.07) is 5.25. The van der Waals surface area contributed by atoms with Crippen molar-refractivity contribution in [3.63, 3.8) is 0 Å². The number of benzene rings is 1.